The van der Waals surface area contributed by atoms with Crippen LogP contribution in [0, 0.1) is 6.92 Å². The highest BCUT2D eigenvalue weighted by molar-refractivity contribution is 7.91. The maximum absolute atomic E-state index is 13.7. The van der Waals surface area contributed by atoms with E-state index in [0.717, 1.165) is 5.56 Å². The van der Waals surface area contributed by atoms with Gasteiger partial charge in [-0.25, -0.2) is 18.4 Å². The number of nitrogens with zero attached hydrogens (tertiary/aromatic N) is 6. The van der Waals surface area contributed by atoms with Crippen LogP contribution < -0.4 is 9.47 Å². The summed E-state index contributed by atoms with van der Waals surface area (Å²) in [5.74, 6) is 1.17. The van der Waals surface area contributed by atoms with E-state index >= 15 is 0 Å². The van der Waals surface area contributed by atoms with Crippen molar-refractivity contribution in [1.82, 2.24) is 29.7 Å². The average molecular weight is 559 g/mol. The summed E-state index contributed by atoms with van der Waals surface area (Å²) in [6.45, 7) is 3.44. The van der Waals surface area contributed by atoms with E-state index in [1.54, 1.807) is 35.2 Å². The third kappa shape index (κ3) is 5.47. The molecule has 0 unspecified atom stereocenters. The summed E-state index contributed by atoms with van der Waals surface area (Å²) in [4.78, 5) is 12.6. The number of para-hydroxylation sites is 1. The first-order chi connectivity index (χ1) is 18.2. The summed E-state index contributed by atoms with van der Waals surface area (Å²) >= 11 is 5.90. The minimum absolute atomic E-state index is 0.156. The molecule has 0 aliphatic rings. The van der Waals surface area contributed by atoms with Gasteiger partial charge in [-0.1, -0.05) is 17.7 Å². The van der Waals surface area contributed by atoms with E-state index in [4.69, 9.17) is 25.8 Å². The van der Waals surface area contributed by atoms with Gasteiger partial charge in [0.15, 0.2) is 27.3 Å². The zero-order valence-corrected chi connectivity index (χ0v) is 23.1. The number of pyridine rings is 1. The predicted molar refractivity (Wildman–Crippen MR) is 141 cm³/mol. The lowest BCUT2D eigenvalue weighted by atomic mass is 10.2. The van der Waals surface area contributed by atoms with Crippen LogP contribution in [0.25, 0.3) is 17.1 Å². The molecule has 0 aliphatic heterocycles. The van der Waals surface area contributed by atoms with Crippen LogP contribution >= 0.6 is 11.6 Å². The molecule has 0 radical (unpaired) electrons. The zero-order chi connectivity index (χ0) is 27.4. The Labute approximate surface area is 225 Å². The number of hydrogen-bond donors (Lipinski definition) is 0. The molecule has 0 fully saturated rings. The van der Waals surface area contributed by atoms with Gasteiger partial charge in [0, 0.05) is 37.5 Å². The van der Waals surface area contributed by atoms with E-state index in [9.17, 15) is 8.42 Å². The predicted octanol–water partition coefficient (Wildman–Crippen LogP) is 3.79. The third-order valence-electron chi connectivity index (χ3n) is 5.96. The second-order valence-corrected chi connectivity index (χ2v) is 11.3. The largest absolute Gasteiger partial charge is 0.494 e. The van der Waals surface area contributed by atoms with Gasteiger partial charge in [-0.05, 0) is 37.6 Å². The van der Waals surface area contributed by atoms with Gasteiger partial charge in [-0.15, -0.1) is 10.2 Å². The van der Waals surface area contributed by atoms with Crippen LogP contribution in [0.1, 0.15) is 30.2 Å². The lowest BCUT2D eigenvalue weighted by Crippen LogP contribution is -2.30. The highest BCUT2D eigenvalue weighted by atomic mass is 35.5. The van der Waals surface area contributed by atoms with Crippen molar-refractivity contribution in [3.63, 3.8) is 0 Å². The Morgan fingerprint density at radius 3 is 2.24 bits per heavy atom. The van der Waals surface area contributed by atoms with Gasteiger partial charge >= 0.3 is 0 Å². The molecular weight excluding hydrogens is 532 g/mol. The van der Waals surface area contributed by atoms with Gasteiger partial charge in [0.2, 0.25) is 0 Å². The van der Waals surface area contributed by atoms with Crippen LogP contribution in [0.5, 0.6) is 11.5 Å². The van der Waals surface area contributed by atoms with E-state index < -0.39 is 26.9 Å². The Morgan fingerprint density at radius 2 is 1.66 bits per heavy atom. The smallest absolute Gasteiger partial charge is 0.170 e. The molecular formula is C25H27ClN6O5S. The Balaban J connectivity index is 1.84. The van der Waals surface area contributed by atoms with E-state index in [2.05, 4.69) is 25.1 Å². The van der Waals surface area contributed by atoms with E-state index in [0.29, 0.717) is 33.6 Å². The van der Waals surface area contributed by atoms with Gasteiger partial charge in [0.05, 0.1) is 24.5 Å². The SMILES string of the molecule is COc1cccc(OC)c1-n1c(CS(=O)(=O)[C@H](C)[C@@H](OC)c2ncc(Cl)cn2)nnc1-c1cncc(C)c1. The Hall–Kier alpha value is -3.61. The maximum atomic E-state index is 13.7. The monoisotopic (exact) mass is 558 g/mol. The highest BCUT2D eigenvalue weighted by Crippen LogP contribution is 2.37. The number of halogens is 1. The van der Waals surface area contributed by atoms with Gasteiger partial charge in [0.1, 0.15) is 29.0 Å². The van der Waals surface area contributed by atoms with Gasteiger partial charge < -0.3 is 14.2 Å². The van der Waals surface area contributed by atoms with Crippen LogP contribution in [0.2, 0.25) is 5.02 Å². The lowest BCUT2D eigenvalue weighted by Gasteiger charge is -2.22. The molecule has 200 valence electrons. The average Bonchev–Trinajstić information content (AvgIpc) is 3.31. The molecule has 0 amide bonds. The number of aryl methyl sites for hydroxylation is 1. The van der Waals surface area contributed by atoms with Crippen LogP contribution in [-0.2, 0) is 20.3 Å². The van der Waals surface area contributed by atoms with Gasteiger partial charge in [-0.3, -0.25) is 9.55 Å². The molecule has 0 saturated carbocycles. The molecule has 0 bridgehead atoms. The second-order valence-electron chi connectivity index (χ2n) is 8.47. The van der Waals surface area contributed by atoms with Crippen molar-refractivity contribution in [2.24, 2.45) is 0 Å². The number of benzene rings is 1. The van der Waals surface area contributed by atoms with Gasteiger partial charge in [-0.2, -0.15) is 0 Å². The molecule has 0 spiro atoms. The van der Waals surface area contributed by atoms with Crippen LogP contribution in [0.3, 0.4) is 0 Å². The zero-order valence-electron chi connectivity index (χ0n) is 21.5. The molecule has 0 aliphatic carbocycles. The molecule has 11 nitrogen and oxygen atoms in total. The molecule has 2 atom stereocenters. The number of rotatable bonds is 10. The summed E-state index contributed by atoms with van der Waals surface area (Å²) in [5, 5.41) is 7.95. The molecule has 0 saturated heterocycles. The normalized spacial score (nSPS) is 13.2. The van der Waals surface area contributed by atoms with Crippen molar-refractivity contribution < 1.29 is 22.6 Å². The molecule has 3 heterocycles. The Morgan fingerprint density at radius 1 is 1.00 bits per heavy atom. The number of sulfone groups is 1. The third-order valence-corrected chi connectivity index (χ3v) is 8.20. The summed E-state index contributed by atoms with van der Waals surface area (Å²) in [7, 11) is 0.551. The maximum Gasteiger partial charge on any atom is 0.170 e. The fourth-order valence-corrected chi connectivity index (χ4v) is 5.55. The van der Waals surface area contributed by atoms with Crippen molar-refractivity contribution in [3.05, 3.63) is 71.3 Å². The Kier molecular flexibility index (Phi) is 8.24. The lowest BCUT2D eigenvalue weighted by molar-refractivity contribution is 0.0948. The number of methoxy groups -OCH3 is 3. The molecule has 4 rings (SSSR count). The van der Waals surface area contributed by atoms with E-state index in [1.165, 1.54) is 40.6 Å². The molecule has 13 heteroatoms. The van der Waals surface area contributed by atoms with E-state index in [1.807, 2.05) is 13.0 Å². The minimum atomic E-state index is -3.89. The Bertz CT molecular complexity index is 1510. The van der Waals surface area contributed by atoms with Crippen LogP contribution in [0.4, 0.5) is 0 Å². The first-order valence-corrected chi connectivity index (χ1v) is 13.6. The van der Waals surface area contributed by atoms with Crippen molar-refractivity contribution in [1.29, 1.82) is 0 Å². The highest BCUT2D eigenvalue weighted by Gasteiger charge is 2.35. The van der Waals surface area contributed by atoms with Crippen molar-refractivity contribution in [2.45, 2.75) is 31.0 Å². The molecule has 38 heavy (non-hydrogen) atoms. The summed E-state index contributed by atoms with van der Waals surface area (Å²) in [5.41, 5.74) is 2.01. The second kappa shape index (κ2) is 11.4. The minimum Gasteiger partial charge on any atom is -0.494 e. The first-order valence-electron chi connectivity index (χ1n) is 11.5. The number of hydrogen-bond acceptors (Lipinski definition) is 10. The van der Waals surface area contributed by atoms with Crippen molar-refractivity contribution in [2.75, 3.05) is 21.3 Å². The quantitative estimate of drug-likeness (QED) is 0.283. The fourth-order valence-electron chi connectivity index (χ4n) is 4.04. The van der Waals surface area contributed by atoms with Crippen molar-refractivity contribution in [3.8, 4) is 28.6 Å². The number of ether oxygens (including phenoxy) is 3. The number of aromatic nitrogens is 6. The van der Waals surface area contributed by atoms with E-state index in [-0.39, 0.29) is 11.6 Å². The fraction of sp³-hybridized carbons (Fsp3) is 0.320. The standard InChI is InChI=1S/C25H27ClN6O5S/c1-15-9-17(11-27-10-15)25-31-30-21(32(25)22-19(35-3)7-6-8-20(22)36-4)14-38(33,34)16(2)23(37-5)24-28-12-18(26)13-29-24/h6-13,16,23H,14H2,1-5H3/t16-,23-/m1/s1. The van der Waals surface area contributed by atoms with Crippen LogP contribution in [-0.4, -0.2) is 64.7 Å². The van der Waals surface area contributed by atoms with Gasteiger partial charge in [0.25, 0.3) is 0 Å². The molecule has 1 aromatic carbocycles. The van der Waals surface area contributed by atoms with Crippen LogP contribution in [0.15, 0.2) is 49.1 Å². The summed E-state index contributed by atoms with van der Waals surface area (Å²) in [6.07, 6.45) is 5.19. The molecule has 4 aromatic rings. The summed E-state index contributed by atoms with van der Waals surface area (Å²) in [6, 6.07) is 7.15. The molecule has 3 aromatic heterocycles. The first kappa shape index (κ1) is 27.4. The topological polar surface area (TPSA) is 131 Å². The molecule has 0 N–H and O–H groups in total. The summed E-state index contributed by atoms with van der Waals surface area (Å²) < 4.78 is 45.8. The van der Waals surface area contributed by atoms with Crippen molar-refractivity contribution >= 4 is 21.4 Å².